The second kappa shape index (κ2) is 10.9. The largest absolute Gasteiger partial charge is 0.454 e. The van der Waals surface area contributed by atoms with Crippen LogP contribution in [0.5, 0.6) is 11.5 Å². The minimum absolute atomic E-state index is 0.125. The molecular formula is C28H27ClN4O4. The summed E-state index contributed by atoms with van der Waals surface area (Å²) in [4.78, 5) is 28.0. The predicted octanol–water partition coefficient (Wildman–Crippen LogP) is 4.82. The fraction of sp³-hybridized carbons (Fsp3) is 0.250. The Hall–Kier alpha value is -4.06. The SMILES string of the molecule is CC(C)(CN)CN(Cc1cc(NC(=O)c2ccc3c(c2)OCO3)ccc1Cl)C(=O)c1ccc(C#N)cc1. The number of rotatable bonds is 8. The van der Waals surface area contributed by atoms with Gasteiger partial charge in [-0.05, 0) is 78.2 Å². The van der Waals surface area contributed by atoms with Gasteiger partial charge in [-0.1, -0.05) is 25.4 Å². The molecule has 2 amide bonds. The minimum Gasteiger partial charge on any atom is -0.454 e. The van der Waals surface area contributed by atoms with Crippen LogP contribution in [0.4, 0.5) is 5.69 Å². The van der Waals surface area contributed by atoms with E-state index in [0.29, 0.717) is 57.6 Å². The number of nitrogens with one attached hydrogen (secondary N) is 1. The quantitative estimate of drug-likeness (QED) is 0.441. The van der Waals surface area contributed by atoms with Crippen molar-refractivity contribution < 1.29 is 19.1 Å². The van der Waals surface area contributed by atoms with Gasteiger partial charge in [0.1, 0.15) is 0 Å². The Bertz CT molecular complexity index is 1370. The first kappa shape index (κ1) is 26.0. The Labute approximate surface area is 220 Å². The van der Waals surface area contributed by atoms with Crippen molar-refractivity contribution in [3.8, 4) is 17.6 Å². The number of anilines is 1. The van der Waals surface area contributed by atoms with Crippen LogP contribution >= 0.6 is 11.6 Å². The molecule has 8 nitrogen and oxygen atoms in total. The first-order chi connectivity index (χ1) is 17.7. The van der Waals surface area contributed by atoms with Gasteiger partial charge in [-0.2, -0.15) is 5.26 Å². The lowest BCUT2D eigenvalue weighted by Gasteiger charge is -2.32. The third kappa shape index (κ3) is 6.20. The molecule has 3 aromatic rings. The number of fused-ring (bicyclic) bond motifs is 1. The molecule has 0 aliphatic carbocycles. The fourth-order valence-electron chi connectivity index (χ4n) is 3.87. The second-order valence-electron chi connectivity index (χ2n) is 9.55. The van der Waals surface area contributed by atoms with Crippen molar-refractivity contribution >= 4 is 29.1 Å². The lowest BCUT2D eigenvalue weighted by atomic mass is 9.92. The van der Waals surface area contributed by atoms with Gasteiger partial charge in [0.25, 0.3) is 11.8 Å². The van der Waals surface area contributed by atoms with Crippen molar-refractivity contribution in [2.45, 2.75) is 20.4 Å². The zero-order chi connectivity index (χ0) is 26.6. The topological polar surface area (TPSA) is 118 Å². The maximum absolute atomic E-state index is 13.5. The zero-order valence-corrected chi connectivity index (χ0v) is 21.3. The van der Waals surface area contributed by atoms with E-state index in [1.807, 2.05) is 13.8 Å². The van der Waals surface area contributed by atoms with E-state index in [1.54, 1.807) is 65.6 Å². The van der Waals surface area contributed by atoms with Gasteiger partial charge in [-0.15, -0.1) is 0 Å². The Morgan fingerprint density at radius 1 is 1.05 bits per heavy atom. The van der Waals surface area contributed by atoms with Crippen LogP contribution in [0.15, 0.2) is 60.7 Å². The van der Waals surface area contributed by atoms with E-state index in [2.05, 4.69) is 11.4 Å². The third-order valence-corrected chi connectivity index (χ3v) is 6.39. The van der Waals surface area contributed by atoms with Crippen molar-refractivity contribution in [3.63, 3.8) is 0 Å². The molecule has 0 unspecified atom stereocenters. The highest BCUT2D eigenvalue weighted by atomic mass is 35.5. The molecule has 190 valence electrons. The summed E-state index contributed by atoms with van der Waals surface area (Å²) in [5, 5.41) is 12.4. The van der Waals surface area contributed by atoms with Crippen LogP contribution in [0.2, 0.25) is 5.02 Å². The molecule has 1 aliphatic rings. The lowest BCUT2D eigenvalue weighted by Crippen LogP contribution is -2.41. The standard InChI is InChI=1S/C28H27ClN4O4/c1-28(2,15-31)16-33(27(35)19-5-3-18(13-30)4-6-19)14-21-11-22(8-9-23(21)29)32-26(34)20-7-10-24-25(12-20)37-17-36-24/h3-12H,14-17,31H2,1-2H3,(H,32,34). The van der Waals surface area contributed by atoms with Gasteiger partial charge in [-0.3, -0.25) is 9.59 Å². The van der Waals surface area contributed by atoms with Crippen molar-refractivity contribution in [2.24, 2.45) is 11.1 Å². The van der Waals surface area contributed by atoms with E-state index < -0.39 is 0 Å². The van der Waals surface area contributed by atoms with Crippen LogP contribution in [0.1, 0.15) is 45.7 Å². The fourth-order valence-corrected chi connectivity index (χ4v) is 4.05. The second-order valence-corrected chi connectivity index (χ2v) is 9.95. The molecule has 9 heteroatoms. The number of nitrogens with two attached hydrogens (primary N) is 1. The molecule has 0 radical (unpaired) electrons. The smallest absolute Gasteiger partial charge is 0.255 e. The maximum atomic E-state index is 13.5. The Kier molecular flexibility index (Phi) is 7.67. The zero-order valence-electron chi connectivity index (χ0n) is 20.6. The summed E-state index contributed by atoms with van der Waals surface area (Å²) in [5.74, 6) is 0.583. The third-order valence-electron chi connectivity index (χ3n) is 6.02. The average Bonchev–Trinajstić information content (AvgIpc) is 3.37. The van der Waals surface area contributed by atoms with Crippen molar-refractivity contribution in [3.05, 3.63) is 87.9 Å². The molecular weight excluding hydrogens is 492 g/mol. The lowest BCUT2D eigenvalue weighted by molar-refractivity contribution is 0.0673. The van der Waals surface area contributed by atoms with E-state index in [0.717, 1.165) is 0 Å². The van der Waals surface area contributed by atoms with Gasteiger partial charge in [0, 0.05) is 34.9 Å². The number of nitrogens with zero attached hydrogens (tertiary/aromatic N) is 2. The normalized spacial score (nSPS) is 12.1. The van der Waals surface area contributed by atoms with Gasteiger partial charge in [0.2, 0.25) is 6.79 Å². The van der Waals surface area contributed by atoms with E-state index in [-0.39, 0.29) is 30.6 Å². The molecule has 3 aromatic carbocycles. The molecule has 0 atom stereocenters. The molecule has 0 aromatic heterocycles. The van der Waals surface area contributed by atoms with E-state index in [4.69, 9.17) is 32.1 Å². The van der Waals surface area contributed by atoms with Crippen LogP contribution in [0.25, 0.3) is 0 Å². The number of halogens is 1. The molecule has 0 bridgehead atoms. The molecule has 0 saturated carbocycles. The summed E-state index contributed by atoms with van der Waals surface area (Å²) in [6.45, 7) is 5.05. The number of hydrogen-bond acceptors (Lipinski definition) is 6. The molecule has 1 heterocycles. The van der Waals surface area contributed by atoms with Crippen LogP contribution in [0.3, 0.4) is 0 Å². The predicted molar refractivity (Wildman–Crippen MR) is 141 cm³/mol. The molecule has 4 rings (SSSR count). The monoisotopic (exact) mass is 518 g/mol. The summed E-state index contributed by atoms with van der Waals surface area (Å²) in [6.07, 6.45) is 0. The summed E-state index contributed by atoms with van der Waals surface area (Å²) >= 11 is 6.51. The number of nitriles is 1. The number of benzene rings is 3. The van der Waals surface area contributed by atoms with Crippen LogP contribution in [-0.4, -0.2) is 36.6 Å². The summed E-state index contributed by atoms with van der Waals surface area (Å²) in [5.41, 5.74) is 8.16. The first-order valence-corrected chi connectivity index (χ1v) is 12.1. The van der Waals surface area contributed by atoms with Crippen molar-refractivity contribution in [2.75, 3.05) is 25.2 Å². The minimum atomic E-state index is -0.347. The Morgan fingerprint density at radius 3 is 2.46 bits per heavy atom. The molecule has 0 saturated heterocycles. The number of carbonyl (C=O) groups excluding carboxylic acids is 2. The molecule has 0 spiro atoms. The van der Waals surface area contributed by atoms with Gasteiger partial charge >= 0.3 is 0 Å². The Morgan fingerprint density at radius 2 is 1.76 bits per heavy atom. The molecule has 3 N–H and O–H groups in total. The van der Waals surface area contributed by atoms with Crippen LogP contribution in [0, 0.1) is 16.7 Å². The van der Waals surface area contributed by atoms with E-state index in [1.165, 1.54) is 0 Å². The number of carbonyl (C=O) groups is 2. The van der Waals surface area contributed by atoms with Gasteiger partial charge in [-0.25, -0.2) is 0 Å². The van der Waals surface area contributed by atoms with Gasteiger partial charge in [0.05, 0.1) is 11.6 Å². The summed E-state index contributed by atoms with van der Waals surface area (Å²) in [7, 11) is 0. The van der Waals surface area contributed by atoms with Crippen molar-refractivity contribution in [1.82, 2.24) is 4.90 Å². The number of amides is 2. The molecule has 0 fully saturated rings. The van der Waals surface area contributed by atoms with E-state index in [9.17, 15) is 9.59 Å². The highest BCUT2D eigenvalue weighted by Crippen LogP contribution is 2.33. The highest BCUT2D eigenvalue weighted by Gasteiger charge is 2.26. The molecule has 37 heavy (non-hydrogen) atoms. The maximum Gasteiger partial charge on any atom is 0.255 e. The first-order valence-electron chi connectivity index (χ1n) is 11.7. The highest BCUT2D eigenvalue weighted by molar-refractivity contribution is 6.31. The number of hydrogen-bond donors (Lipinski definition) is 2. The average molecular weight is 519 g/mol. The van der Waals surface area contributed by atoms with Crippen LogP contribution in [-0.2, 0) is 6.54 Å². The summed E-state index contributed by atoms with van der Waals surface area (Å²) < 4.78 is 10.7. The van der Waals surface area contributed by atoms with Gasteiger partial charge in [0.15, 0.2) is 11.5 Å². The van der Waals surface area contributed by atoms with E-state index >= 15 is 0 Å². The summed E-state index contributed by atoms with van der Waals surface area (Å²) in [6, 6.07) is 18.7. The van der Waals surface area contributed by atoms with Crippen LogP contribution < -0.4 is 20.5 Å². The van der Waals surface area contributed by atoms with Crippen molar-refractivity contribution in [1.29, 1.82) is 5.26 Å². The number of ether oxygens (including phenoxy) is 2. The molecule has 1 aliphatic heterocycles. The van der Waals surface area contributed by atoms with Gasteiger partial charge < -0.3 is 25.4 Å². The Balaban J connectivity index is 1.56.